The fourth-order valence-corrected chi connectivity index (χ4v) is 1.52. The van der Waals surface area contributed by atoms with Crippen molar-refractivity contribution in [1.29, 1.82) is 0 Å². The molecule has 0 saturated heterocycles. The third kappa shape index (κ3) is 4.22. The predicted octanol–water partition coefficient (Wildman–Crippen LogP) is 1.66. The van der Waals surface area contributed by atoms with Crippen LogP contribution in [0, 0.1) is 0 Å². The van der Waals surface area contributed by atoms with Crippen molar-refractivity contribution in [2.24, 2.45) is 10.9 Å². The molecule has 0 heterocycles. The Morgan fingerprint density at radius 1 is 1.53 bits per heavy atom. The molecule has 3 N–H and O–H groups in total. The third-order valence-electron chi connectivity index (χ3n) is 2.55. The summed E-state index contributed by atoms with van der Waals surface area (Å²) in [5.41, 5.74) is 6.49. The molecule has 0 spiro atoms. The lowest BCUT2D eigenvalue weighted by Crippen LogP contribution is -2.21. The van der Waals surface area contributed by atoms with E-state index in [1.807, 2.05) is 31.3 Å². The van der Waals surface area contributed by atoms with E-state index in [-0.39, 0.29) is 5.84 Å². The number of rotatable bonds is 6. The zero-order valence-electron chi connectivity index (χ0n) is 10.3. The summed E-state index contributed by atoms with van der Waals surface area (Å²) in [6.07, 6.45) is 1.43. The van der Waals surface area contributed by atoms with E-state index in [0.29, 0.717) is 6.42 Å². The minimum absolute atomic E-state index is 0.268. The van der Waals surface area contributed by atoms with Crippen LogP contribution < -0.4 is 15.4 Å². The van der Waals surface area contributed by atoms with Gasteiger partial charge in [0.15, 0.2) is 0 Å². The standard InChI is InChI=1S/C12H19N3O2/c1-15(8-4-7-12(13)14-16)10-5-3-6-11(9-10)17-2/h3,5-6,9,16H,4,7-8H2,1-2H3,(H2,13,14). The first-order chi connectivity index (χ1) is 8.17. The number of hydrogen-bond donors (Lipinski definition) is 2. The van der Waals surface area contributed by atoms with Crippen LogP contribution in [0.4, 0.5) is 5.69 Å². The van der Waals surface area contributed by atoms with Crippen molar-refractivity contribution >= 4 is 11.5 Å². The average molecular weight is 237 g/mol. The van der Waals surface area contributed by atoms with Crippen molar-refractivity contribution in [1.82, 2.24) is 0 Å². The molecule has 0 fully saturated rings. The van der Waals surface area contributed by atoms with Gasteiger partial charge in [0.25, 0.3) is 0 Å². The first-order valence-corrected chi connectivity index (χ1v) is 5.49. The summed E-state index contributed by atoms with van der Waals surface area (Å²) in [7, 11) is 3.65. The molecule has 5 nitrogen and oxygen atoms in total. The largest absolute Gasteiger partial charge is 0.497 e. The summed E-state index contributed by atoms with van der Waals surface area (Å²) >= 11 is 0. The Morgan fingerprint density at radius 2 is 2.29 bits per heavy atom. The lowest BCUT2D eigenvalue weighted by Gasteiger charge is -2.19. The summed E-state index contributed by atoms with van der Waals surface area (Å²) < 4.78 is 5.17. The number of oxime groups is 1. The van der Waals surface area contributed by atoms with Gasteiger partial charge in [0, 0.05) is 31.8 Å². The molecule has 0 saturated carbocycles. The molecule has 17 heavy (non-hydrogen) atoms. The van der Waals surface area contributed by atoms with E-state index < -0.39 is 0 Å². The van der Waals surface area contributed by atoms with Gasteiger partial charge >= 0.3 is 0 Å². The number of methoxy groups -OCH3 is 1. The van der Waals surface area contributed by atoms with E-state index in [0.717, 1.165) is 24.4 Å². The smallest absolute Gasteiger partial charge is 0.139 e. The Bertz CT molecular complexity index is 380. The molecule has 0 aromatic heterocycles. The Kier molecular flexibility index (Phi) is 5.13. The third-order valence-corrected chi connectivity index (χ3v) is 2.55. The average Bonchev–Trinajstić information content (AvgIpc) is 2.38. The summed E-state index contributed by atoms with van der Waals surface area (Å²) in [5.74, 6) is 1.11. The van der Waals surface area contributed by atoms with Crippen molar-refractivity contribution < 1.29 is 9.94 Å². The summed E-state index contributed by atoms with van der Waals surface area (Å²) in [6.45, 7) is 0.837. The summed E-state index contributed by atoms with van der Waals surface area (Å²) in [5, 5.41) is 11.4. The van der Waals surface area contributed by atoms with E-state index in [1.54, 1.807) is 7.11 Å². The molecule has 0 unspecified atom stereocenters. The number of hydrogen-bond acceptors (Lipinski definition) is 4. The van der Waals surface area contributed by atoms with Crippen molar-refractivity contribution in [3.63, 3.8) is 0 Å². The molecule has 0 bridgehead atoms. The molecule has 0 aliphatic carbocycles. The summed E-state index contributed by atoms with van der Waals surface area (Å²) in [6, 6.07) is 7.86. The second kappa shape index (κ2) is 6.62. The Labute approximate surface area is 101 Å². The monoisotopic (exact) mass is 237 g/mol. The highest BCUT2D eigenvalue weighted by Gasteiger charge is 2.02. The molecule has 0 atom stereocenters. The number of amidine groups is 1. The molecule has 1 rings (SSSR count). The summed E-state index contributed by atoms with van der Waals surface area (Å²) in [4.78, 5) is 2.10. The van der Waals surface area contributed by atoms with Gasteiger partial charge in [0.1, 0.15) is 11.6 Å². The minimum atomic E-state index is 0.268. The van der Waals surface area contributed by atoms with Crippen LogP contribution in [-0.2, 0) is 0 Å². The molecular formula is C12H19N3O2. The van der Waals surface area contributed by atoms with E-state index in [4.69, 9.17) is 15.7 Å². The van der Waals surface area contributed by atoms with Crippen molar-refractivity contribution in [2.45, 2.75) is 12.8 Å². The van der Waals surface area contributed by atoms with E-state index >= 15 is 0 Å². The number of benzene rings is 1. The number of nitrogens with two attached hydrogens (primary N) is 1. The zero-order valence-corrected chi connectivity index (χ0v) is 10.3. The maximum absolute atomic E-state index is 8.42. The van der Waals surface area contributed by atoms with Crippen LogP contribution in [0.25, 0.3) is 0 Å². The lowest BCUT2D eigenvalue weighted by molar-refractivity contribution is 0.316. The van der Waals surface area contributed by atoms with Gasteiger partial charge in [-0.2, -0.15) is 0 Å². The van der Waals surface area contributed by atoms with E-state index in [1.165, 1.54) is 0 Å². The van der Waals surface area contributed by atoms with E-state index in [2.05, 4.69) is 10.1 Å². The van der Waals surface area contributed by atoms with Gasteiger partial charge in [-0.1, -0.05) is 11.2 Å². The van der Waals surface area contributed by atoms with Crippen LogP contribution in [0.2, 0.25) is 0 Å². The van der Waals surface area contributed by atoms with Crippen LogP contribution in [0.1, 0.15) is 12.8 Å². The molecule has 94 valence electrons. The topological polar surface area (TPSA) is 71.1 Å². The predicted molar refractivity (Wildman–Crippen MR) is 68.9 cm³/mol. The SMILES string of the molecule is COc1cccc(N(C)CCCC(N)=NO)c1. The van der Waals surface area contributed by atoms with Crippen molar-refractivity contribution in [3.8, 4) is 5.75 Å². The highest BCUT2D eigenvalue weighted by atomic mass is 16.5. The zero-order chi connectivity index (χ0) is 12.7. The van der Waals surface area contributed by atoms with Crippen molar-refractivity contribution in [3.05, 3.63) is 24.3 Å². The van der Waals surface area contributed by atoms with Crippen LogP contribution >= 0.6 is 0 Å². The Balaban J connectivity index is 2.48. The second-order valence-electron chi connectivity index (χ2n) is 3.82. The highest BCUT2D eigenvalue weighted by Crippen LogP contribution is 2.19. The van der Waals surface area contributed by atoms with Gasteiger partial charge in [-0.15, -0.1) is 0 Å². The van der Waals surface area contributed by atoms with Gasteiger partial charge in [-0.05, 0) is 18.6 Å². The van der Waals surface area contributed by atoms with Crippen LogP contribution in [0.15, 0.2) is 29.4 Å². The first-order valence-electron chi connectivity index (χ1n) is 5.49. The molecule has 0 amide bonds. The van der Waals surface area contributed by atoms with E-state index in [9.17, 15) is 0 Å². The molecule has 5 heteroatoms. The fourth-order valence-electron chi connectivity index (χ4n) is 1.52. The van der Waals surface area contributed by atoms with Crippen molar-refractivity contribution in [2.75, 3.05) is 25.6 Å². The van der Waals surface area contributed by atoms with Gasteiger partial charge < -0.3 is 20.6 Å². The normalized spacial score (nSPS) is 11.3. The molecule has 0 radical (unpaired) electrons. The van der Waals surface area contributed by atoms with Crippen LogP contribution in [-0.4, -0.2) is 31.7 Å². The number of ether oxygens (including phenoxy) is 1. The molecule has 0 aliphatic rings. The van der Waals surface area contributed by atoms with Gasteiger partial charge in [0.2, 0.25) is 0 Å². The second-order valence-corrected chi connectivity index (χ2v) is 3.82. The van der Waals surface area contributed by atoms with Crippen LogP contribution in [0.3, 0.4) is 0 Å². The Hall–Kier alpha value is -1.91. The number of nitrogens with zero attached hydrogens (tertiary/aromatic N) is 2. The molecule has 0 aliphatic heterocycles. The highest BCUT2D eigenvalue weighted by molar-refractivity contribution is 5.79. The molecule has 1 aromatic rings. The van der Waals surface area contributed by atoms with Gasteiger partial charge in [0.05, 0.1) is 7.11 Å². The fraction of sp³-hybridized carbons (Fsp3) is 0.417. The molecule has 1 aromatic carbocycles. The van der Waals surface area contributed by atoms with Crippen LogP contribution in [0.5, 0.6) is 5.75 Å². The maximum atomic E-state index is 8.42. The number of anilines is 1. The quantitative estimate of drug-likeness (QED) is 0.341. The first kappa shape index (κ1) is 13.2. The minimum Gasteiger partial charge on any atom is -0.497 e. The Morgan fingerprint density at radius 3 is 2.94 bits per heavy atom. The van der Waals surface area contributed by atoms with Gasteiger partial charge in [-0.25, -0.2) is 0 Å². The molecular weight excluding hydrogens is 218 g/mol. The maximum Gasteiger partial charge on any atom is 0.139 e. The lowest BCUT2D eigenvalue weighted by atomic mass is 10.2. The van der Waals surface area contributed by atoms with Gasteiger partial charge in [-0.3, -0.25) is 0 Å².